The molecule has 0 atom stereocenters. The molecule has 0 bridgehead atoms. The van der Waals surface area contributed by atoms with Gasteiger partial charge < -0.3 is 9.32 Å². The Kier molecular flexibility index (Phi) is 1.74. The van der Waals surface area contributed by atoms with Crippen LogP contribution >= 0.6 is 0 Å². The lowest BCUT2D eigenvalue weighted by atomic mass is 10.3. The van der Waals surface area contributed by atoms with Crippen molar-refractivity contribution in [2.24, 2.45) is 0 Å². The second-order valence-electron chi connectivity index (χ2n) is 3.67. The van der Waals surface area contributed by atoms with Crippen LogP contribution in [0.3, 0.4) is 0 Å². The topological polar surface area (TPSA) is 46.3 Å². The third-order valence-electron chi connectivity index (χ3n) is 2.58. The number of carbonyl (C=O) groups is 1. The van der Waals surface area contributed by atoms with E-state index in [1.807, 2.05) is 29.2 Å². The summed E-state index contributed by atoms with van der Waals surface area (Å²) in [7, 11) is 0. The number of fused-ring (bicyclic) bond motifs is 1. The highest BCUT2D eigenvalue weighted by molar-refractivity contribution is 5.87. The molecule has 1 aliphatic rings. The molecule has 4 nitrogen and oxygen atoms in total. The zero-order valence-corrected chi connectivity index (χ0v) is 8.14. The van der Waals surface area contributed by atoms with Crippen molar-refractivity contribution in [2.75, 3.05) is 18.0 Å². The van der Waals surface area contributed by atoms with Crippen LogP contribution in [-0.2, 0) is 4.79 Å². The molecule has 0 spiro atoms. The lowest BCUT2D eigenvalue weighted by Gasteiger charge is -2.09. The van der Waals surface area contributed by atoms with Crippen LogP contribution in [0.2, 0.25) is 0 Å². The second-order valence-corrected chi connectivity index (χ2v) is 3.67. The number of hydrogen-bond acceptors (Lipinski definition) is 4. The first-order chi connectivity index (χ1) is 7.33. The monoisotopic (exact) mass is 202 g/mol. The van der Waals surface area contributed by atoms with Crippen molar-refractivity contribution in [1.82, 2.24) is 4.98 Å². The summed E-state index contributed by atoms with van der Waals surface area (Å²) in [5, 5.41) is 0. The number of rotatable bonds is 1. The molecule has 0 saturated carbocycles. The Hall–Kier alpha value is -1.84. The van der Waals surface area contributed by atoms with Crippen LogP contribution in [0.5, 0.6) is 0 Å². The van der Waals surface area contributed by atoms with Gasteiger partial charge >= 0.3 is 0 Å². The lowest BCUT2D eigenvalue weighted by Crippen LogP contribution is -2.19. The van der Waals surface area contributed by atoms with Crippen LogP contribution in [0.25, 0.3) is 11.1 Å². The molecule has 76 valence electrons. The van der Waals surface area contributed by atoms with Gasteiger partial charge in [0.25, 0.3) is 6.01 Å². The number of nitrogens with zero attached hydrogens (tertiary/aromatic N) is 2. The Balaban J connectivity index is 2.01. The van der Waals surface area contributed by atoms with Crippen LogP contribution in [0.4, 0.5) is 6.01 Å². The molecule has 1 aliphatic heterocycles. The van der Waals surface area contributed by atoms with E-state index < -0.39 is 0 Å². The van der Waals surface area contributed by atoms with Crippen LogP contribution in [0, 0.1) is 0 Å². The Morgan fingerprint density at radius 3 is 2.93 bits per heavy atom. The van der Waals surface area contributed by atoms with Gasteiger partial charge in [-0.15, -0.1) is 0 Å². The van der Waals surface area contributed by atoms with Crippen molar-refractivity contribution in [3.63, 3.8) is 0 Å². The number of para-hydroxylation sites is 2. The highest BCUT2D eigenvalue weighted by Gasteiger charge is 2.23. The summed E-state index contributed by atoms with van der Waals surface area (Å²) in [6, 6.07) is 8.17. The average Bonchev–Trinajstić information content (AvgIpc) is 2.82. The van der Waals surface area contributed by atoms with E-state index in [1.165, 1.54) is 0 Å². The van der Waals surface area contributed by atoms with Gasteiger partial charge in [0.2, 0.25) is 0 Å². The van der Waals surface area contributed by atoms with E-state index in [0.717, 1.165) is 11.1 Å². The molecule has 0 unspecified atom stereocenters. The molecule has 2 heterocycles. The zero-order chi connectivity index (χ0) is 10.3. The van der Waals surface area contributed by atoms with Crippen molar-refractivity contribution in [1.29, 1.82) is 0 Å². The Morgan fingerprint density at radius 2 is 2.20 bits per heavy atom. The number of benzene rings is 1. The molecule has 1 fully saturated rings. The number of anilines is 1. The summed E-state index contributed by atoms with van der Waals surface area (Å²) in [6.45, 7) is 1.14. The van der Waals surface area contributed by atoms with Gasteiger partial charge in [-0.1, -0.05) is 12.1 Å². The minimum atomic E-state index is 0.247. The van der Waals surface area contributed by atoms with Crippen molar-refractivity contribution < 1.29 is 9.21 Å². The van der Waals surface area contributed by atoms with Crippen molar-refractivity contribution in [2.45, 2.75) is 6.42 Å². The van der Waals surface area contributed by atoms with Crippen molar-refractivity contribution >= 4 is 22.9 Å². The first-order valence-corrected chi connectivity index (χ1v) is 4.95. The maximum Gasteiger partial charge on any atom is 0.298 e. The van der Waals surface area contributed by atoms with E-state index >= 15 is 0 Å². The van der Waals surface area contributed by atoms with E-state index in [9.17, 15) is 4.79 Å². The molecule has 3 rings (SSSR count). The fourth-order valence-electron chi connectivity index (χ4n) is 1.79. The lowest BCUT2D eigenvalue weighted by molar-refractivity contribution is -0.116. The molecule has 15 heavy (non-hydrogen) atoms. The van der Waals surface area contributed by atoms with Crippen LogP contribution in [-0.4, -0.2) is 23.9 Å². The fraction of sp³-hybridized carbons (Fsp3) is 0.273. The highest BCUT2D eigenvalue weighted by atomic mass is 16.4. The molecule has 4 heteroatoms. The molecular formula is C11H10N2O2. The number of carbonyl (C=O) groups excluding carboxylic acids is 1. The first-order valence-electron chi connectivity index (χ1n) is 4.95. The quantitative estimate of drug-likeness (QED) is 0.704. The van der Waals surface area contributed by atoms with Gasteiger partial charge in [0.15, 0.2) is 11.4 Å². The first kappa shape index (κ1) is 8.47. The Labute approximate surface area is 86.5 Å². The van der Waals surface area contributed by atoms with Gasteiger partial charge in [-0.3, -0.25) is 4.79 Å². The summed E-state index contributed by atoms with van der Waals surface area (Å²) in [5.41, 5.74) is 1.61. The number of oxazole rings is 1. The van der Waals surface area contributed by atoms with Gasteiger partial charge in [-0.2, -0.15) is 4.98 Å². The van der Waals surface area contributed by atoms with E-state index in [4.69, 9.17) is 4.42 Å². The smallest absolute Gasteiger partial charge is 0.298 e. The molecule has 1 aromatic heterocycles. The second kappa shape index (κ2) is 3.08. The van der Waals surface area contributed by atoms with Crippen LogP contribution in [0.15, 0.2) is 28.7 Å². The maximum atomic E-state index is 11.1. The van der Waals surface area contributed by atoms with E-state index in [2.05, 4.69) is 4.98 Å². The molecule has 0 aliphatic carbocycles. The third kappa shape index (κ3) is 1.38. The normalized spacial score (nSPS) is 16.5. The van der Waals surface area contributed by atoms with Crippen molar-refractivity contribution in [3.8, 4) is 0 Å². The minimum absolute atomic E-state index is 0.247. The number of hydrogen-bond donors (Lipinski definition) is 0. The van der Waals surface area contributed by atoms with E-state index in [0.29, 0.717) is 25.5 Å². The van der Waals surface area contributed by atoms with E-state index in [1.54, 1.807) is 0 Å². The largest absolute Gasteiger partial charge is 0.423 e. The predicted octanol–water partition coefficient (Wildman–Crippen LogP) is 1.61. The SMILES string of the molecule is O=C1CCN(c2nc3ccccc3o2)C1. The van der Waals surface area contributed by atoms with Gasteiger partial charge in [0.05, 0.1) is 6.54 Å². The standard InChI is InChI=1S/C11H10N2O2/c14-8-5-6-13(7-8)11-12-9-3-1-2-4-10(9)15-11/h1-4H,5-7H2. The number of Topliss-reactive ketones (excluding diaryl/α,β-unsaturated/α-hetero) is 1. The Bertz CT molecular complexity index is 485. The molecule has 1 aromatic carbocycles. The van der Waals surface area contributed by atoms with Gasteiger partial charge in [0.1, 0.15) is 5.52 Å². The van der Waals surface area contributed by atoms with Gasteiger partial charge in [-0.05, 0) is 12.1 Å². The van der Waals surface area contributed by atoms with E-state index in [-0.39, 0.29) is 5.78 Å². The zero-order valence-electron chi connectivity index (χ0n) is 8.14. The summed E-state index contributed by atoms with van der Waals surface area (Å²) < 4.78 is 5.56. The predicted molar refractivity (Wildman–Crippen MR) is 55.8 cm³/mol. The summed E-state index contributed by atoms with van der Waals surface area (Å²) >= 11 is 0. The Morgan fingerprint density at radius 1 is 1.33 bits per heavy atom. The van der Waals surface area contributed by atoms with Gasteiger partial charge in [0, 0.05) is 13.0 Å². The third-order valence-corrected chi connectivity index (χ3v) is 2.58. The summed E-state index contributed by atoms with van der Waals surface area (Å²) in [6.07, 6.45) is 0.596. The van der Waals surface area contributed by atoms with Crippen LogP contribution in [0.1, 0.15) is 6.42 Å². The maximum absolute atomic E-state index is 11.1. The summed E-state index contributed by atoms with van der Waals surface area (Å²) in [4.78, 5) is 17.3. The van der Waals surface area contributed by atoms with Gasteiger partial charge in [-0.25, -0.2) is 0 Å². The molecule has 0 radical (unpaired) electrons. The number of aromatic nitrogens is 1. The van der Waals surface area contributed by atoms with Crippen LogP contribution < -0.4 is 4.90 Å². The molecule has 0 amide bonds. The molecule has 2 aromatic rings. The summed E-state index contributed by atoms with van der Waals surface area (Å²) in [5.74, 6) is 0.247. The average molecular weight is 202 g/mol. The minimum Gasteiger partial charge on any atom is -0.423 e. The number of ketones is 1. The molecular weight excluding hydrogens is 192 g/mol. The molecule has 1 saturated heterocycles. The molecule has 0 N–H and O–H groups in total. The fourth-order valence-corrected chi connectivity index (χ4v) is 1.79. The highest BCUT2D eigenvalue weighted by Crippen LogP contribution is 2.23. The van der Waals surface area contributed by atoms with Crippen molar-refractivity contribution in [3.05, 3.63) is 24.3 Å².